The fourth-order valence-corrected chi connectivity index (χ4v) is 0.470. The molecule has 0 fully saturated rings. The van der Waals surface area contributed by atoms with E-state index in [1.165, 1.54) is 0 Å². The zero-order valence-corrected chi connectivity index (χ0v) is 6.09. The Morgan fingerprint density at radius 2 is 2.30 bits per heavy atom. The highest BCUT2D eigenvalue weighted by molar-refractivity contribution is 5.87. The molecule has 0 aliphatic carbocycles. The van der Waals surface area contributed by atoms with Gasteiger partial charge in [0.05, 0.1) is 6.61 Å². The van der Waals surface area contributed by atoms with E-state index in [-0.39, 0.29) is 6.61 Å². The second-order valence-corrected chi connectivity index (χ2v) is 1.80. The molecule has 0 aliphatic heterocycles. The predicted molar refractivity (Wildman–Crippen MR) is 37.5 cm³/mol. The zero-order valence-electron chi connectivity index (χ0n) is 6.09. The Hall–Kier alpha value is -0.830. The summed E-state index contributed by atoms with van der Waals surface area (Å²) in [5, 5.41) is 8.39. The summed E-state index contributed by atoms with van der Waals surface area (Å²) in [5.74, 6) is -0.420. The van der Waals surface area contributed by atoms with E-state index in [2.05, 4.69) is 11.3 Å². The van der Waals surface area contributed by atoms with Gasteiger partial charge in [0.2, 0.25) is 0 Å². The molecule has 58 valence electrons. The molecule has 1 N–H and O–H groups in total. The number of hydrogen-bond acceptors (Lipinski definition) is 3. The van der Waals surface area contributed by atoms with Gasteiger partial charge in [0.15, 0.2) is 0 Å². The van der Waals surface area contributed by atoms with Gasteiger partial charge in [0.1, 0.15) is 0 Å². The summed E-state index contributed by atoms with van der Waals surface area (Å²) in [6, 6.07) is 0. The molecule has 3 nitrogen and oxygen atoms in total. The first kappa shape index (κ1) is 9.17. The molecule has 0 aromatic rings. The maximum absolute atomic E-state index is 10.7. The Balaban J connectivity index is 3.60. The van der Waals surface area contributed by atoms with Crippen molar-refractivity contribution in [3.05, 3.63) is 12.2 Å². The van der Waals surface area contributed by atoms with Crippen molar-refractivity contribution in [1.82, 2.24) is 0 Å². The number of carbonyl (C=O) groups excluding carboxylic acids is 1. The first-order valence-corrected chi connectivity index (χ1v) is 3.18. The number of aliphatic hydroxyl groups is 1. The molecule has 3 heteroatoms. The van der Waals surface area contributed by atoms with Crippen molar-refractivity contribution < 1.29 is 14.6 Å². The van der Waals surface area contributed by atoms with Crippen LogP contribution in [0.1, 0.15) is 13.3 Å². The minimum atomic E-state index is -0.420. The van der Waals surface area contributed by atoms with Crippen molar-refractivity contribution in [1.29, 1.82) is 0 Å². The summed E-state index contributed by atoms with van der Waals surface area (Å²) in [6.45, 7) is 5.45. The molecular weight excluding hydrogens is 132 g/mol. The van der Waals surface area contributed by atoms with Gasteiger partial charge in [0.25, 0.3) is 0 Å². The molecule has 0 aromatic heterocycles. The van der Waals surface area contributed by atoms with E-state index in [1.807, 2.05) is 0 Å². The van der Waals surface area contributed by atoms with Crippen molar-refractivity contribution in [3.63, 3.8) is 0 Å². The van der Waals surface area contributed by atoms with Gasteiger partial charge in [-0.15, -0.1) is 0 Å². The summed E-state index contributed by atoms with van der Waals surface area (Å²) < 4.78 is 4.61. The number of carbonyl (C=O) groups is 1. The van der Waals surface area contributed by atoms with Crippen LogP contribution in [0.3, 0.4) is 0 Å². The van der Waals surface area contributed by atoms with Crippen LogP contribution in [0.4, 0.5) is 0 Å². The maximum Gasteiger partial charge on any atom is 0.333 e. The summed E-state index contributed by atoms with van der Waals surface area (Å²) >= 11 is 0. The highest BCUT2D eigenvalue weighted by Crippen LogP contribution is 1.98. The lowest BCUT2D eigenvalue weighted by Crippen LogP contribution is -2.07. The Bertz CT molecular complexity index is 113. The van der Waals surface area contributed by atoms with Crippen molar-refractivity contribution in [2.45, 2.75) is 13.3 Å². The molecule has 0 amide bonds. The summed E-state index contributed by atoms with van der Waals surface area (Å²) in [5.41, 5.74) is 0.323. The normalized spacial score (nSPS) is 9.00. The highest BCUT2D eigenvalue weighted by atomic mass is 16.5. The van der Waals surface area contributed by atoms with Crippen LogP contribution >= 0.6 is 0 Å². The fourth-order valence-electron chi connectivity index (χ4n) is 0.470. The third-order valence-electron chi connectivity index (χ3n) is 0.978. The van der Waals surface area contributed by atoms with Gasteiger partial charge < -0.3 is 9.84 Å². The van der Waals surface area contributed by atoms with Gasteiger partial charge in [-0.05, 0) is 6.92 Å². The molecule has 10 heavy (non-hydrogen) atoms. The number of ether oxygens (including phenoxy) is 1. The Morgan fingerprint density at radius 1 is 1.70 bits per heavy atom. The number of esters is 1. The third kappa shape index (κ3) is 3.25. The highest BCUT2D eigenvalue weighted by Gasteiger charge is 2.05. The molecule has 0 aromatic carbocycles. The lowest BCUT2D eigenvalue weighted by molar-refractivity contribution is -0.138. The van der Waals surface area contributed by atoms with Crippen LogP contribution in [-0.4, -0.2) is 24.3 Å². The van der Waals surface area contributed by atoms with Crippen molar-refractivity contribution in [2.75, 3.05) is 13.2 Å². The standard InChI is InChI=1S/C7H12O3/c1-3-10-7(9)6(2)4-5-8/h8H,2-5H2,1H3. The number of aliphatic hydroxyl groups excluding tert-OH is 1. The van der Waals surface area contributed by atoms with Crippen LogP contribution in [0.15, 0.2) is 12.2 Å². The van der Waals surface area contributed by atoms with Gasteiger partial charge in [-0.25, -0.2) is 4.79 Å². The molecule has 0 spiro atoms. The SMILES string of the molecule is C=C(CCO)C(=O)OCC. The van der Waals surface area contributed by atoms with Gasteiger partial charge >= 0.3 is 5.97 Å². The summed E-state index contributed by atoms with van der Waals surface area (Å²) in [7, 11) is 0. The molecule has 0 heterocycles. The molecular formula is C7H12O3. The van der Waals surface area contributed by atoms with Crippen LogP contribution in [0, 0.1) is 0 Å². The van der Waals surface area contributed by atoms with Gasteiger partial charge in [-0.1, -0.05) is 6.58 Å². The molecule has 0 radical (unpaired) electrons. The summed E-state index contributed by atoms with van der Waals surface area (Å²) in [4.78, 5) is 10.7. The lowest BCUT2D eigenvalue weighted by Gasteiger charge is -2.01. The molecule has 0 unspecified atom stereocenters. The number of hydrogen-bond donors (Lipinski definition) is 1. The Labute approximate surface area is 60.3 Å². The average Bonchev–Trinajstić information content (AvgIpc) is 1.89. The van der Waals surface area contributed by atoms with E-state index < -0.39 is 5.97 Å². The Kier molecular flexibility index (Phi) is 4.58. The zero-order chi connectivity index (χ0) is 7.98. The minimum absolute atomic E-state index is 0.0579. The molecule has 0 rings (SSSR count). The van der Waals surface area contributed by atoms with E-state index in [0.717, 1.165) is 0 Å². The van der Waals surface area contributed by atoms with Crippen LogP contribution < -0.4 is 0 Å². The Morgan fingerprint density at radius 3 is 2.70 bits per heavy atom. The molecule has 0 bridgehead atoms. The van der Waals surface area contributed by atoms with Crippen LogP contribution in [-0.2, 0) is 9.53 Å². The first-order valence-electron chi connectivity index (χ1n) is 3.18. The minimum Gasteiger partial charge on any atom is -0.463 e. The average molecular weight is 144 g/mol. The van der Waals surface area contributed by atoms with Gasteiger partial charge in [0, 0.05) is 18.6 Å². The maximum atomic E-state index is 10.7. The van der Waals surface area contributed by atoms with E-state index in [9.17, 15) is 4.79 Å². The lowest BCUT2D eigenvalue weighted by atomic mass is 10.2. The van der Waals surface area contributed by atoms with E-state index >= 15 is 0 Å². The van der Waals surface area contributed by atoms with Crippen LogP contribution in [0.2, 0.25) is 0 Å². The van der Waals surface area contributed by atoms with Gasteiger partial charge in [-0.3, -0.25) is 0 Å². The summed E-state index contributed by atoms with van der Waals surface area (Å²) in [6.07, 6.45) is 0.291. The smallest absolute Gasteiger partial charge is 0.333 e. The molecule has 0 saturated carbocycles. The molecule has 0 aliphatic rings. The predicted octanol–water partition coefficient (Wildman–Crippen LogP) is 0.488. The van der Waals surface area contributed by atoms with Crippen molar-refractivity contribution in [2.24, 2.45) is 0 Å². The van der Waals surface area contributed by atoms with Crippen molar-refractivity contribution >= 4 is 5.97 Å². The largest absolute Gasteiger partial charge is 0.463 e. The van der Waals surface area contributed by atoms with E-state index in [4.69, 9.17) is 5.11 Å². The third-order valence-corrected chi connectivity index (χ3v) is 0.978. The van der Waals surface area contributed by atoms with E-state index in [1.54, 1.807) is 6.92 Å². The van der Waals surface area contributed by atoms with Gasteiger partial charge in [-0.2, -0.15) is 0 Å². The number of rotatable bonds is 4. The topological polar surface area (TPSA) is 46.5 Å². The second kappa shape index (κ2) is 4.99. The van der Waals surface area contributed by atoms with E-state index in [0.29, 0.717) is 18.6 Å². The fraction of sp³-hybridized carbons (Fsp3) is 0.571. The van der Waals surface area contributed by atoms with Crippen LogP contribution in [0.5, 0.6) is 0 Å². The van der Waals surface area contributed by atoms with Crippen LogP contribution in [0.25, 0.3) is 0 Å². The monoisotopic (exact) mass is 144 g/mol. The molecule has 0 atom stereocenters. The van der Waals surface area contributed by atoms with Crippen molar-refractivity contribution in [3.8, 4) is 0 Å². The quantitative estimate of drug-likeness (QED) is 0.461. The first-order chi connectivity index (χ1) is 4.72. The molecule has 0 saturated heterocycles. The second-order valence-electron chi connectivity index (χ2n) is 1.80.